The second-order valence-corrected chi connectivity index (χ2v) is 10.4. The molecule has 1 aliphatic carbocycles. The van der Waals surface area contributed by atoms with Crippen molar-refractivity contribution in [1.82, 2.24) is 9.62 Å². The van der Waals surface area contributed by atoms with E-state index >= 15 is 0 Å². The van der Waals surface area contributed by atoms with Gasteiger partial charge in [-0.15, -0.1) is 0 Å². The molecule has 8 nitrogen and oxygen atoms in total. The number of carbonyl (C=O) groups excluding carboxylic acids is 2. The van der Waals surface area contributed by atoms with Gasteiger partial charge in [0, 0.05) is 19.6 Å². The van der Waals surface area contributed by atoms with Crippen LogP contribution in [0.1, 0.15) is 56.3 Å². The number of rotatable bonds is 7. The number of benzene rings is 1. The highest BCUT2D eigenvalue weighted by Gasteiger charge is 2.32. The van der Waals surface area contributed by atoms with Gasteiger partial charge in [-0.1, -0.05) is 25.3 Å². The fourth-order valence-corrected chi connectivity index (χ4v) is 5.81. The molecule has 1 aliphatic heterocycles. The van der Waals surface area contributed by atoms with Crippen LogP contribution in [0.2, 0.25) is 0 Å². The Morgan fingerprint density at radius 1 is 1.13 bits per heavy atom. The molecule has 1 aromatic rings. The van der Waals surface area contributed by atoms with Crippen LogP contribution in [0.15, 0.2) is 29.2 Å². The number of carbonyl (C=O) groups is 2. The number of amides is 1. The molecule has 1 N–H and O–H groups in total. The van der Waals surface area contributed by atoms with E-state index in [4.69, 9.17) is 9.47 Å². The first-order valence-electron chi connectivity index (χ1n) is 10.9. The lowest BCUT2D eigenvalue weighted by atomic mass is 9.89. The van der Waals surface area contributed by atoms with Gasteiger partial charge in [-0.25, -0.2) is 13.2 Å². The summed E-state index contributed by atoms with van der Waals surface area (Å²) in [5, 5.41) is 2.82. The summed E-state index contributed by atoms with van der Waals surface area (Å²) in [6, 6.07) is 5.72. The van der Waals surface area contributed by atoms with Crippen LogP contribution in [-0.4, -0.2) is 63.0 Å². The molecule has 0 spiro atoms. The van der Waals surface area contributed by atoms with E-state index in [0.29, 0.717) is 12.5 Å². The van der Waals surface area contributed by atoms with Crippen molar-refractivity contribution >= 4 is 21.9 Å². The predicted molar refractivity (Wildman–Crippen MR) is 115 cm³/mol. The predicted octanol–water partition coefficient (Wildman–Crippen LogP) is 2.34. The average molecular weight is 453 g/mol. The molecule has 1 saturated carbocycles. The van der Waals surface area contributed by atoms with E-state index in [1.54, 1.807) is 0 Å². The Labute approximate surface area is 184 Å². The van der Waals surface area contributed by atoms with Gasteiger partial charge >= 0.3 is 5.97 Å². The van der Waals surface area contributed by atoms with Crippen molar-refractivity contribution in [2.24, 2.45) is 5.92 Å². The lowest BCUT2D eigenvalue weighted by Gasteiger charge is -2.34. The van der Waals surface area contributed by atoms with Crippen molar-refractivity contribution in [1.29, 1.82) is 0 Å². The lowest BCUT2D eigenvalue weighted by molar-refractivity contribution is -0.124. The second kappa shape index (κ2) is 10.6. The molecule has 1 saturated heterocycles. The number of nitrogens with one attached hydrogen (secondary N) is 1. The summed E-state index contributed by atoms with van der Waals surface area (Å²) in [5.74, 6) is -0.589. The molecule has 2 fully saturated rings. The average Bonchev–Trinajstić information content (AvgIpc) is 2.76. The lowest BCUT2D eigenvalue weighted by Crippen LogP contribution is -2.48. The van der Waals surface area contributed by atoms with Gasteiger partial charge in [-0.3, -0.25) is 4.79 Å². The molecule has 0 aromatic heterocycles. The zero-order valence-corrected chi connectivity index (χ0v) is 19.0. The minimum Gasteiger partial charge on any atom is -0.452 e. The van der Waals surface area contributed by atoms with Gasteiger partial charge in [-0.2, -0.15) is 4.31 Å². The summed E-state index contributed by atoms with van der Waals surface area (Å²) in [6.07, 6.45) is 5.44. The summed E-state index contributed by atoms with van der Waals surface area (Å²) in [5.41, 5.74) is 0.0931. The molecule has 3 rings (SSSR count). The monoisotopic (exact) mass is 452 g/mol. The number of morpholine rings is 1. The maximum absolute atomic E-state index is 13.0. The molecule has 172 valence electrons. The third-order valence-electron chi connectivity index (χ3n) is 5.74. The summed E-state index contributed by atoms with van der Waals surface area (Å²) < 4.78 is 38.1. The highest BCUT2D eigenvalue weighted by Crippen LogP contribution is 2.23. The van der Waals surface area contributed by atoms with Crippen molar-refractivity contribution in [2.75, 3.05) is 26.2 Å². The van der Waals surface area contributed by atoms with Gasteiger partial charge in [0.05, 0.1) is 22.7 Å². The van der Waals surface area contributed by atoms with Crippen molar-refractivity contribution in [3.05, 3.63) is 29.8 Å². The molecule has 31 heavy (non-hydrogen) atoms. The van der Waals surface area contributed by atoms with E-state index in [1.807, 2.05) is 13.8 Å². The van der Waals surface area contributed by atoms with Crippen LogP contribution in [0.25, 0.3) is 0 Å². The van der Waals surface area contributed by atoms with E-state index in [2.05, 4.69) is 5.32 Å². The maximum Gasteiger partial charge on any atom is 0.338 e. The zero-order chi connectivity index (χ0) is 22.4. The van der Waals surface area contributed by atoms with E-state index in [1.165, 1.54) is 47.8 Å². The third-order valence-corrected chi connectivity index (χ3v) is 7.57. The van der Waals surface area contributed by atoms with Gasteiger partial charge < -0.3 is 14.8 Å². The van der Waals surface area contributed by atoms with Crippen LogP contribution >= 0.6 is 0 Å². The second-order valence-electron chi connectivity index (χ2n) is 8.49. The zero-order valence-electron chi connectivity index (χ0n) is 18.2. The summed E-state index contributed by atoms with van der Waals surface area (Å²) in [6.45, 7) is 4.36. The molecular formula is C22H32N2O6S. The number of ether oxygens (including phenoxy) is 2. The highest BCUT2D eigenvalue weighted by molar-refractivity contribution is 7.89. The number of hydrogen-bond donors (Lipinski definition) is 1. The Morgan fingerprint density at radius 2 is 1.81 bits per heavy atom. The van der Waals surface area contributed by atoms with Crippen molar-refractivity contribution < 1.29 is 27.5 Å². The van der Waals surface area contributed by atoms with Gasteiger partial charge in [0.25, 0.3) is 5.91 Å². The number of hydrogen-bond acceptors (Lipinski definition) is 6. The van der Waals surface area contributed by atoms with E-state index in [0.717, 1.165) is 12.8 Å². The molecule has 2 atom stereocenters. The summed E-state index contributed by atoms with van der Waals surface area (Å²) in [4.78, 5) is 24.4. The Kier molecular flexibility index (Phi) is 8.07. The molecule has 2 aliphatic rings. The quantitative estimate of drug-likeness (QED) is 0.637. The molecular weight excluding hydrogens is 420 g/mol. The van der Waals surface area contributed by atoms with Gasteiger partial charge in [0.1, 0.15) is 0 Å². The standard InChI is InChI=1S/C22H32N2O6S/c1-16-13-24(14-17(2)30-16)31(27,28)20-10-6-9-19(11-20)22(26)29-15-21(25)23-12-18-7-4-3-5-8-18/h6,9-11,16-18H,3-5,7-8,12-15H2,1-2H3,(H,23,25)/t16-,17-/m1/s1. The molecule has 1 heterocycles. The van der Waals surface area contributed by atoms with E-state index in [9.17, 15) is 18.0 Å². The third kappa shape index (κ3) is 6.51. The minimum atomic E-state index is -3.77. The molecule has 0 bridgehead atoms. The summed E-state index contributed by atoms with van der Waals surface area (Å²) >= 11 is 0. The van der Waals surface area contributed by atoms with Gasteiger partial charge in [-0.05, 0) is 50.8 Å². The summed E-state index contributed by atoms with van der Waals surface area (Å²) in [7, 11) is -3.77. The van der Waals surface area contributed by atoms with Crippen LogP contribution in [0.3, 0.4) is 0 Å². The number of nitrogens with zero attached hydrogens (tertiary/aromatic N) is 1. The smallest absolute Gasteiger partial charge is 0.338 e. The SMILES string of the molecule is C[C@@H]1CN(S(=O)(=O)c2cccc(C(=O)OCC(=O)NCC3CCCCC3)c2)C[C@@H](C)O1. The maximum atomic E-state index is 13.0. The Bertz CT molecular complexity index is 872. The molecule has 1 amide bonds. The van der Waals surface area contributed by atoms with Crippen LogP contribution in [0.5, 0.6) is 0 Å². The van der Waals surface area contributed by atoms with E-state index < -0.39 is 16.0 Å². The van der Waals surface area contributed by atoms with Crippen LogP contribution in [-0.2, 0) is 24.3 Å². The topological polar surface area (TPSA) is 102 Å². The molecule has 0 radical (unpaired) electrons. The number of sulfonamides is 1. The number of esters is 1. The van der Waals surface area contributed by atoms with Gasteiger partial charge in [0.15, 0.2) is 6.61 Å². The normalized spacial score (nSPS) is 23.3. The van der Waals surface area contributed by atoms with Crippen LogP contribution < -0.4 is 5.32 Å². The fourth-order valence-electron chi connectivity index (χ4n) is 4.17. The highest BCUT2D eigenvalue weighted by atomic mass is 32.2. The first-order valence-corrected chi connectivity index (χ1v) is 12.4. The van der Waals surface area contributed by atoms with Crippen molar-refractivity contribution in [3.63, 3.8) is 0 Å². The van der Waals surface area contributed by atoms with Crippen LogP contribution in [0.4, 0.5) is 0 Å². The van der Waals surface area contributed by atoms with Crippen molar-refractivity contribution in [3.8, 4) is 0 Å². The fraction of sp³-hybridized carbons (Fsp3) is 0.636. The van der Waals surface area contributed by atoms with Crippen LogP contribution in [0, 0.1) is 5.92 Å². The Hall–Kier alpha value is -1.97. The first-order chi connectivity index (χ1) is 14.8. The molecule has 0 unspecified atom stereocenters. The minimum absolute atomic E-state index is 0.0185. The van der Waals surface area contributed by atoms with E-state index in [-0.39, 0.29) is 48.3 Å². The Balaban J connectivity index is 1.56. The largest absolute Gasteiger partial charge is 0.452 e. The Morgan fingerprint density at radius 3 is 2.48 bits per heavy atom. The molecule has 1 aromatic carbocycles. The van der Waals surface area contributed by atoms with Crippen molar-refractivity contribution in [2.45, 2.75) is 63.1 Å². The first kappa shape index (κ1) is 23.7. The van der Waals surface area contributed by atoms with Gasteiger partial charge in [0.2, 0.25) is 10.0 Å². The molecule has 9 heteroatoms.